The molecule has 0 atom stereocenters. The molecule has 124 valence electrons. The summed E-state index contributed by atoms with van der Waals surface area (Å²) in [5.74, 6) is -0.550. The first-order valence-electron chi connectivity index (χ1n) is 7.65. The van der Waals surface area contributed by atoms with Crippen molar-refractivity contribution >= 4 is 11.6 Å². The van der Waals surface area contributed by atoms with E-state index < -0.39 is 0 Å². The number of amides is 1. The number of rotatable bonds is 4. The van der Waals surface area contributed by atoms with Crippen molar-refractivity contribution in [2.75, 3.05) is 5.32 Å². The molecule has 0 aliphatic carbocycles. The summed E-state index contributed by atoms with van der Waals surface area (Å²) in [6, 6.07) is 16.6. The van der Waals surface area contributed by atoms with Crippen molar-refractivity contribution in [2.24, 2.45) is 0 Å². The van der Waals surface area contributed by atoms with Gasteiger partial charge in [-0.3, -0.25) is 9.48 Å². The van der Waals surface area contributed by atoms with Crippen LogP contribution in [-0.4, -0.2) is 15.7 Å². The van der Waals surface area contributed by atoms with Crippen LogP contribution in [0.2, 0.25) is 0 Å². The third-order valence-electron chi connectivity index (χ3n) is 3.69. The average molecular weight is 334 g/mol. The van der Waals surface area contributed by atoms with Crippen LogP contribution in [0.1, 0.15) is 11.3 Å². The molecule has 0 saturated carbocycles. The third kappa shape index (κ3) is 3.90. The van der Waals surface area contributed by atoms with Crippen LogP contribution < -0.4 is 5.32 Å². The van der Waals surface area contributed by atoms with E-state index in [2.05, 4.69) is 10.4 Å². The van der Waals surface area contributed by atoms with Gasteiger partial charge >= 0.3 is 0 Å². The van der Waals surface area contributed by atoms with Crippen LogP contribution in [0.15, 0.2) is 54.6 Å². The quantitative estimate of drug-likeness (QED) is 0.794. The molecule has 0 radical (unpaired) electrons. The first-order valence-corrected chi connectivity index (χ1v) is 7.65. The Balaban J connectivity index is 1.73. The van der Waals surface area contributed by atoms with Crippen molar-refractivity contribution in [2.45, 2.75) is 13.5 Å². The van der Waals surface area contributed by atoms with Gasteiger partial charge in [0.15, 0.2) is 0 Å². The van der Waals surface area contributed by atoms with E-state index in [0.717, 1.165) is 11.3 Å². The predicted molar refractivity (Wildman–Crippen MR) is 92.1 cm³/mol. The molecule has 0 saturated heterocycles. The SMILES string of the molecule is Cc1cc(-c2ccc(F)cc2)nn1CC(=O)Nc1cccc(C#N)c1. The number of aromatic nitrogens is 2. The molecular weight excluding hydrogens is 319 g/mol. The van der Waals surface area contributed by atoms with E-state index in [1.54, 1.807) is 41.1 Å². The summed E-state index contributed by atoms with van der Waals surface area (Å²) in [5.41, 5.74) is 3.32. The van der Waals surface area contributed by atoms with Gasteiger partial charge in [-0.2, -0.15) is 10.4 Å². The Labute approximate surface area is 144 Å². The topological polar surface area (TPSA) is 70.7 Å². The van der Waals surface area contributed by atoms with Crippen LogP contribution in [0.5, 0.6) is 0 Å². The number of aryl methyl sites for hydroxylation is 1. The van der Waals surface area contributed by atoms with Crippen molar-refractivity contribution in [1.82, 2.24) is 9.78 Å². The van der Waals surface area contributed by atoms with E-state index >= 15 is 0 Å². The van der Waals surface area contributed by atoms with Crippen molar-refractivity contribution < 1.29 is 9.18 Å². The first kappa shape index (κ1) is 16.4. The van der Waals surface area contributed by atoms with Gasteiger partial charge in [-0.05, 0) is 55.5 Å². The van der Waals surface area contributed by atoms with Gasteiger partial charge in [-0.1, -0.05) is 6.07 Å². The minimum absolute atomic E-state index is 0.0454. The molecule has 6 heteroatoms. The van der Waals surface area contributed by atoms with Crippen LogP contribution in [0.3, 0.4) is 0 Å². The van der Waals surface area contributed by atoms with Crippen molar-refractivity contribution in [3.8, 4) is 17.3 Å². The van der Waals surface area contributed by atoms with Crippen LogP contribution in [0, 0.1) is 24.1 Å². The Bertz CT molecular complexity index is 954. The number of nitrogens with one attached hydrogen (secondary N) is 1. The predicted octanol–water partition coefficient (Wildman–Crippen LogP) is 3.51. The fourth-order valence-electron chi connectivity index (χ4n) is 2.43. The lowest BCUT2D eigenvalue weighted by Crippen LogP contribution is -2.20. The fraction of sp³-hybridized carbons (Fsp3) is 0.105. The molecule has 0 aliphatic heterocycles. The Hall–Kier alpha value is -3.46. The molecule has 0 unspecified atom stereocenters. The van der Waals surface area contributed by atoms with Gasteiger partial charge in [0.25, 0.3) is 0 Å². The average Bonchev–Trinajstić information content (AvgIpc) is 2.96. The van der Waals surface area contributed by atoms with Gasteiger partial charge in [0.2, 0.25) is 5.91 Å². The van der Waals surface area contributed by atoms with Crippen LogP contribution >= 0.6 is 0 Å². The zero-order chi connectivity index (χ0) is 17.8. The van der Waals surface area contributed by atoms with Gasteiger partial charge in [-0.15, -0.1) is 0 Å². The molecule has 1 amide bonds. The molecule has 3 aromatic rings. The van der Waals surface area contributed by atoms with E-state index in [-0.39, 0.29) is 18.3 Å². The van der Waals surface area contributed by atoms with Gasteiger partial charge in [0.05, 0.1) is 17.3 Å². The lowest BCUT2D eigenvalue weighted by atomic mass is 10.1. The number of hydrogen-bond donors (Lipinski definition) is 1. The van der Waals surface area contributed by atoms with Gasteiger partial charge in [0, 0.05) is 16.9 Å². The number of hydrogen-bond acceptors (Lipinski definition) is 3. The molecule has 1 heterocycles. The Morgan fingerprint density at radius 2 is 2.00 bits per heavy atom. The molecular formula is C19H15FN4O. The minimum Gasteiger partial charge on any atom is -0.324 e. The molecule has 25 heavy (non-hydrogen) atoms. The van der Waals surface area contributed by atoms with Crippen LogP contribution in [-0.2, 0) is 11.3 Å². The van der Waals surface area contributed by atoms with Crippen LogP contribution in [0.4, 0.5) is 10.1 Å². The number of carbonyl (C=O) groups is 1. The lowest BCUT2D eigenvalue weighted by Gasteiger charge is -2.07. The first-order chi connectivity index (χ1) is 12.0. The second-order valence-electron chi connectivity index (χ2n) is 5.58. The number of anilines is 1. The highest BCUT2D eigenvalue weighted by molar-refractivity contribution is 5.90. The number of carbonyl (C=O) groups excluding carboxylic acids is 1. The molecule has 0 aliphatic rings. The number of benzene rings is 2. The Morgan fingerprint density at radius 1 is 1.24 bits per heavy atom. The van der Waals surface area contributed by atoms with Gasteiger partial charge in [0.1, 0.15) is 12.4 Å². The summed E-state index contributed by atoms with van der Waals surface area (Å²) >= 11 is 0. The highest BCUT2D eigenvalue weighted by Gasteiger charge is 2.10. The molecule has 1 N–H and O–H groups in total. The molecule has 0 fully saturated rings. The Morgan fingerprint density at radius 3 is 2.72 bits per heavy atom. The number of halogens is 1. The zero-order valence-corrected chi connectivity index (χ0v) is 13.5. The fourth-order valence-corrected chi connectivity index (χ4v) is 2.43. The number of nitrogens with zero attached hydrogens (tertiary/aromatic N) is 3. The number of nitriles is 1. The third-order valence-corrected chi connectivity index (χ3v) is 3.69. The maximum absolute atomic E-state index is 13.0. The normalized spacial score (nSPS) is 10.3. The largest absolute Gasteiger partial charge is 0.324 e. The monoisotopic (exact) mass is 334 g/mol. The maximum atomic E-state index is 13.0. The summed E-state index contributed by atoms with van der Waals surface area (Å²) in [4.78, 5) is 12.2. The highest BCUT2D eigenvalue weighted by Crippen LogP contribution is 2.19. The summed E-state index contributed by atoms with van der Waals surface area (Å²) in [6.45, 7) is 1.90. The molecule has 3 rings (SSSR count). The smallest absolute Gasteiger partial charge is 0.246 e. The van der Waals surface area contributed by atoms with E-state index in [1.807, 2.05) is 19.1 Å². The second kappa shape index (κ2) is 6.97. The van der Waals surface area contributed by atoms with Crippen LogP contribution in [0.25, 0.3) is 11.3 Å². The maximum Gasteiger partial charge on any atom is 0.246 e. The molecule has 0 bridgehead atoms. The van der Waals surface area contributed by atoms with Gasteiger partial charge < -0.3 is 5.32 Å². The lowest BCUT2D eigenvalue weighted by molar-refractivity contribution is -0.116. The Kier molecular flexibility index (Phi) is 4.57. The van der Waals surface area contributed by atoms with E-state index in [4.69, 9.17) is 5.26 Å². The standard InChI is InChI=1S/C19H15FN4O/c1-13-9-18(15-5-7-16(20)8-6-15)23-24(13)12-19(25)22-17-4-2-3-14(10-17)11-21/h2-10H,12H2,1H3,(H,22,25). The molecule has 0 spiro atoms. The van der Waals surface area contributed by atoms with Crippen molar-refractivity contribution in [1.29, 1.82) is 5.26 Å². The summed E-state index contributed by atoms with van der Waals surface area (Å²) < 4.78 is 14.6. The molecule has 5 nitrogen and oxygen atoms in total. The molecule has 1 aromatic heterocycles. The van der Waals surface area contributed by atoms with E-state index in [1.165, 1.54) is 12.1 Å². The second-order valence-corrected chi connectivity index (χ2v) is 5.58. The summed E-state index contributed by atoms with van der Waals surface area (Å²) in [5, 5.41) is 16.1. The van der Waals surface area contributed by atoms with Crippen molar-refractivity contribution in [3.05, 3.63) is 71.7 Å². The summed E-state index contributed by atoms with van der Waals surface area (Å²) in [6.07, 6.45) is 0. The highest BCUT2D eigenvalue weighted by atomic mass is 19.1. The summed E-state index contributed by atoms with van der Waals surface area (Å²) in [7, 11) is 0. The van der Waals surface area contributed by atoms with E-state index in [9.17, 15) is 9.18 Å². The van der Waals surface area contributed by atoms with E-state index in [0.29, 0.717) is 16.9 Å². The van der Waals surface area contributed by atoms with Gasteiger partial charge in [-0.25, -0.2) is 4.39 Å². The zero-order valence-electron chi connectivity index (χ0n) is 13.5. The molecule has 2 aromatic carbocycles. The minimum atomic E-state index is -0.307. The van der Waals surface area contributed by atoms with Crippen molar-refractivity contribution in [3.63, 3.8) is 0 Å².